The molecule has 0 saturated carbocycles. The second-order valence-corrected chi connectivity index (χ2v) is 9.71. The Hall–Kier alpha value is -2.53. The Morgan fingerprint density at radius 2 is 1.72 bits per heavy atom. The Bertz CT molecular complexity index is 943. The van der Waals surface area contributed by atoms with Crippen molar-refractivity contribution in [1.82, 2.24) is 10.2 Å². The lowest BCUT2D eigenvalue weighted by Crippen LogP contribution is -2.54. The molecule has 5 nitrogen and oxygen atoms in total. The van der Waals surface area contributed by atoms with E-state index >= 15 is 0 Å². The highest BCUT2D eigenvalue weighted by Gasteiger charge is 2.31. The Labute approximate surface area is 197 Å². The molecule has 6 heteroatoms. The minimum atomic E-state index is -0.598. The van der Waals surface area contributed by atoms with Crippen LogP contribution in [0.4, 0.5) is 0 Å². The van der Waals surface area contributed by atoms with Crippen LogP contribution in [0.3, 0.4) is 0 Å². The highest BCUT2D eigenvalue weighted by Crippen LogP contribution is 2.26. The number of ether oxygens (including phenoxy) is 1. The van der Waals surface area contributed by atoms with Gasteiger partial charge in [-0.1, -0.05) is 48.4 Å². The van der Waals surface area contributed by atoms with Crippen molar-refractivity contribution < 1.29 is 14.3 Å². The first kappa shape index (κ1) is 25.7. The van der Waals surface area contributed by atoms with Crippen molar-refractivity contribution in [2.75, 3.05) is 6.61 Å². The van der Waals surface area contributed by atoms with E-state index in [0.29, 0.717) is 23.7 Å². The van der Waals surface area contributed by atoms with Crippen LogP contribution in [0.5, 0.6) is 5.75 Å². The van der Waals surface area contributed by atoms with Gasteiger partial charge in [0.25, 0.3) is 5.91 Å². The van der Waals surface area contributed by atoms with Crippen LogP contribution in [0.15, 0.2) is 36.4 Å². The van der Waals surface area contributed by atoms with Gasteiger partial charge in [0.05, 0.1) is 0 Å². The Kier molecular flexibility index (Phi) is 8.73. The second kappa shape index (κ2) is 10.9. The van der Waals surface area contributed by atoms with Crippen LogP contribution in [-0.2, 0) is 16.1 Å². The number of rotatable bonds is 8. The molecule has 0 unspecified atom stereocenters. The molecule has 2 aromatic rings. The molecule has 0 bridgehead atoms. The molecule has 0 fully saturated rings. The van der Waals surface area contributed by atoms with Gasteiger partial charge in [-0.05, 0) is 76.8 Å². The van der Waals surface area contributed by atoms with E-state index in [1.165, 1.54) is 0 Å². The summed E-state index contributed by atoms with van der Waals surface area (Å²) in [6.07, 6.45) is 0.499. The topological polar surface area (TPSA) is 58.6 Å². The lowest BCUT2D eigenvalue weighted by Gasteiger charge is -2.33. The maximum Gasteiger partial charge on any atom is 0.261 e. The summed E-state index contributed by atoms with van der Waals surface area (Å²) < 4.78 is 5.82. The zero-order valence-electron chi connectivity index (χ0n) is 20.2. The monoisotopic (exact) mass is 458 g/mol. The number of aryl methyl sites for hydroxylation is 3. The third kappa shape index (κ3) is 7.27. The van der Waals surface area contributed by atoms with Crippen LogP contribution in [0.2, 0.25) is 5.02 Å². The summed E-state index contributed by atoms with van der Waals surface area (Å²) in [7, 11) is 0. The number of carbonyl (C=O) groups is 2. The number of nitrogens with zero attached hydrogens (tertiary/aromatic N) is 1. The molecule has 0 spiro atoms. The molecule has 0 radical (unpaired) electrons. The quantitative estimate of drug-likeness (QED) is 0.578. The summed E-state index contributed by atoms with van der Waals surface area (Å²) in [6, 6.07) is 11.0. The molecule has 0 aliphatic carbocycles. The fourth-order valence-electron chi connectivity index (χ4n) is 3.60. The van der Waals surface area contributed by atoms with Crippen LogP contribution in [0.1, 0.15) is 56.4 Å². The minimum Gasteiger partial charge on any atom is -0.484 e. The van der Waals surface area contributed by atoms with Gasteiger partial charge in [0, 0.05) is 17.1 Å². The zero-order chi connectivity index (χ0) is 24.1. The molecule has 1 atom stereocenters. The standard InChI is InChI=1S/C26H35ClN2O3/c1-8-22(25(31)28-26(5,6)7)29(15-20-11-9-10-17(2)12-20)23(30)16-32-21-13-18(3)24(27)19(4)14-21/h9-14,22H,8,15-16H2,1-7H3,(H,28,31)/t22-/m0/s1. The molecule has 0 saturated heterocycles. The van der Waals surface area contributed by atoms with Crippen molar-refractivity contribution in [3.8, 4) is 5.75 Å². The maximum absolute atomic E-state index is 13.3. The van der Waals surface area contributed by atoms with E-state index < -0.39 is 11.6 Å². The molecule has 0 aliphatic rings. The molecular weight excluding hydrogens is 424 g/mol. The van der Waals surface area contributed by atoms with Crippen molar-refractivity contribution in [3.05, 3.63) is 63.7 Å². The van der Waals surface area contributed by atoms with Gasteiger partial charge in [-0.15, -0.1) is 0 Å². The van der Waals surface area contributed by atoms with Crippen LogP contribution < -0.4 is 10.1 Å². The lowest BCUT2D eigenvalue weighted by molar-refractivity contribution is -0.143. The van der Waals surface area contributed by atoms with Crippen molar-refractivity contribution in [2.24, 2.45) is 0 Å². The summed E-state index contributed by atoms with van der Waals surface area (Å²) in [5.41, 5.74) is 3.46. The molecule has 0 heterocycles. The normalized spacial score (nSPS) is 12.2. The van der Waals surface area contributed by atoms with Gasteiger partial charge in [0.15, 0.2) is 6.61 Å². The predicted molar refractivity (Wildman–Crippen MR) is 130 cm³/mol. The Morgan fingerprint density at radius 3 is 2.25 bits per heavy atom. The first-order valence-corrected chi connectivity index (χ1v) is 11.4. The molecular formula is C26H35ClN2O3. The molecule has 32 heavy (non-hydrogen) atoms. The van der Waals surface area contributed by atoms with Gasteiger partial charge in [-0.25, -0.2) is 0 Å². The van der Waals surface area contributed by atoms with Gasteiger partial charge in [-0.2, -0.15) is 0 Å². The first-order chi connectivity index (χ1) is 14.9. The molecule has 0 aromatic heterocycles. The van der Waals surface area contributed by atoms with Crippen molar-refractivity contribution in [3.63, 3.8) is 0 Å². The molecule has 1 N–H and O–H groups in total. The van der Waals surface area contributed by atoms with Crippen LogP contribution in [0, 0.1) is 20.8 Å². The van der Waals surface area contributed by atoms with Crippen molar-refractivity contribution in [1.29, 1.82) is 0 Å². The Morgan fingerprint density at radius 1 is 1.09 bits per heavy atom. The SMILES string of the molecule is CC[C@@H](C(=O)NC(C)(C)C)N(Cc1cccc(C)c1)C(=O)COc1cc(C)c(Cl)c(C)c1. The number of hydrogen-bond donors (Lipinski definition) is 1. The molecule has 2 aromatic carbocycles. The van der Waals surface area contributed by atoms with Crippen LogP contribution in [-0.4, -0.2) is 34.9 Å². The second-order valence-electron chi connectivity index (χ2n) is 9.33. The van der Waals surface area contributed by atoms with Crippen molar-refractivity contribution >= 4 is 23.4 Å². The molecule has 2 rings (SSSR count). The van der Waals surface area contributed by atoms with Gasteiger partial charge in [0.2, 0.25) is 5.91 Å². The predicted octanol–water partition coefficient (Wildman–Crippen LogP) is 5.37. The summed E-state index contributed by atoms with van der Waals surface area (Å²) in [5, 5.41) is 3.70. The number of hydrogen-bond acceptors (Lipinski definition) is 3. The smallest absolute Gasteiger partial charge is 0.261 e. The number of amides is 2. The van der Waals surface area contributed by atoms with E-state index in [0.717, 1.165) is 22.3 Å². The minimum absolute atomic E-state index is 0.161. The summed E-state index contributed by atoms with van der Waals surface area (Å²) >= 11 is 6.24. The van der Waals surface area contributed by atoms with E-state index in [4.69, 9.17) is 16.3 Å². The fourth-order valence-corrected chi connectivity index (χ4v) is 3.71. The molecule has 2 amide bonds. The number of carbonyl (C=O) groups excluding carboxylic acids is 2. The maximum atomic E-state index is 13.3. The average molecular weight is 459 g/mol. The van der Waals surface area contributed by atoms with E-state index in [9.17, 15) is 9.59 Å². The molecule has 174 valence electrons. The van der Waals surface area contributed by atoms with Crippen LogP contribution >= 0.6 is 11.6 Å². The fraction of sp³-hybridized carbons (Fsp3) is 0.462. The van der Waals surface area contributed by atoms with Crippen LogP contribution in [0.25, 0.3) is 0 Å². The van der Waals surface area contributed by atoms with E-state index in [2.05, 4.69) is 5.32 Å². The van der Waals surface area contributed by atoms with Gasteiger partial charge < -0.3 is 15.0 Å². The summed E-state index contributed by atoms with van der Waals surface area (Å²) in [5.74, 6) is 0.173. The van der Waals surface area contributed by atoms with E-state index in [1.807, 2.05) is 84.9 Å². The highest BCUT2D eigenvalue weighted by atomic mass is 35.5. The molecule has 0 aliphatic heterocycles. The lowest BCUT2D eigenvalue weighted by atomic mass is 10.1. The van der Waals surface area contributed by atoms with E-state index in [-0.39, 0.29) is 18.4 Å². The third-order valence-electron chi connectivity index (χ3n) is 5.09. The largest absolute Gasteiger partial charge is 0.484 e. The van der Waals surface area contributed by atoms with Gasteiger partial charge >= 0.3 is 0 Å². The summed E-state index contributed by atoms with van der Waals surface area (Å²) in [6.45, 7) is 13.7. The highest BCUT2D eigenvalue weighted by molar-refractivity contribution is 6.32. The number of benzene rings is 2. The summed E-state index contributed by atoms with van der Waals surface area (Å²) in [4.78, 5) is 28.0. The van der Waals surface area contributed by atoms with E-state index in [1.54, 1.807) is 4.90 Å². The number of nitrogens with one attached hydrogen (secondary N) is 1. The van der Waals surface area contributed by atoms with Gasteiger partial charge in [0.1, 0.15) is 11.8 Å². The first-order valence-electron chi connectivity index (χ1n) is 11.0. The average Bonchev–Trinajstić information content (AvgIpc) is 2.68. The van der Waals surface area contributed by atoms with Crippen molar-refractivity contribution in [2.45, 2.75) is 73.0 Å². The third-order valence-corrected chi connectivity index (χ3v) is 5.69. The Balaban J connectivity index is 2.27. The zero-order valence-corrected chi connectivity index (χ0v) is 21.0. The number of halogens is 1. The van der Waals surface area contributed by atoms with Gasteiger partial charge in [-0.3, -0.25) is 9.59 Å².